The van der Waals surface area contributed by atoms with Crippen LogP contribution in [0, 0.1) is 0 Å². The van der Waals surface area contributed by atoms with E-state index < -0.39 is 7.67 Å². The van der Waals surface area contributed by atoms with E-state index >= 15 is 0 Å². The molecule has 0 unspecified atom stereocenters. The topological polar surface area (TPSA) is 135 Å². The molecule has 0 bridgehead atoms. The molecule has 0 saturated heterocycles. The van der Waals surface area contributed by atoms with Gasteiger partial charge in [-0.05, 0) is 11.1 Å². The summed E-state index contributed by atoms with van der Waals surface area (Å²) in [5.74, 6) is 0. The Balaban J connectivity index is 4.59. The van der Waals surface area contributed by atoms with Crippen molar-refractivity contribution in [3.8, 4) is 0 Å². The minimum atomic E-state index is -4.28. The molecule has 0 aromatic carbocycles. The average Bonchev–Trinajstić information content (AvgIpc) is 1.64. The first-order valence-electron chi connectivity index (χ1n) is 1.58. The fourth-order valence-corrected chi connectivity index (χ4v) is 0.366. The number of azide groups is 1. The highest BCUT2D eigenvalue weighted by Crippen LogP contribution is 2.43. The van der Waals surface area contributed by atoms with E-state index in [-0.39, 0.29) is 0 Å². The fourth-order valence-electron chi connectivity index (χ4n) is 0.122. The lowest BCUT2D eigenvalue weighted by Crippen LogP contribution is -1.60. The third-order valence-corrected chi connectivity index (χ3v) is 0.939. The first kappa shape index (κ1) is 7.81. The Kier molecular flexibility index (Phi) is 2.57. The monoisotopic (exact) mass is 148 g/mol. The van der Waals surface area contributed by atoms with Crippen LogP contribution in [0.15, 0.2) is 9.77 Å². The molecule has 9 heavy (non-hydrogen) atoms. The van der Waals surface area contributed by atoms with Crippen LogP contribution in [0.5, 0.6) is 0 Å². The Bertz CT molecular complexity index is 207. The summed E-state index contributed by atoms with van der Waals surface area (Å²) in [4.78, 5) is 16.8. The van der Waals surface area contributed by atoms with Crippen LogP contribution >= 0.6 is 7.67 Å². The third kappa shape index (κ3) is 3.40. The van der Waals surface area contributed by atoms with E-state index in [1.54, 1.807) is 0 Å². The van der Waals surface area contributed by atoms with Gasteiger partial charge >= 0.3 is 7.67 Å². The molecule has 48 valence electrons. The number of hydrogen-bond donors (Lipinski definition) is 1. The molecule has 0 radical (unpaired) electrons. The predicted octanol–water partition coefficient (Wildman–Crippen LogP) is 1.71. The molecule has 0 aromatic heterocycles. The van der Waals surface area contributed by atoms with E-state index in [1.165, 1.54) is 0 Å². The minimum absolute atomic E-state index is 1.97. The second kappa shape index (κ2) is 2.96. The van der Waals surface area contributed by atoms with Gasteiger partial charge in [-0.2, -0.15) is 0 Å². The summed E-state index contributed by atoms with van der Waals surface area (Å²) >= 11 is 0. The molecular formula is HN6O2P. The van der Waals surface area contributed by atoms with Gasteiger partial charge in [-0.15, -0.1) is 0 Å². The van der Waals surface area contributed by atoms with Crippen molar-refractivity contribution in [3.63, 3.8) is 0 Å². The summed E-state index contributed by atoms with van der Waals surface area (Å²) < 4.78 is 10.1. The molecule has 0 aliphatic heterocycles. The van der Waals surface area contributed by atoms with E-state index in [0.29, 0.717) is 0 Å². The summed E-state index contributed by atoms with van der Waals surface area (Å²) in [7, 11) is -4.28. The van der Waals surface area contributed by atoms with Gasteiger partial charge in [0, 0.05) is 19.6 Å². The molecule has 0 saturated carbocycles. The lowest BCUT2D eigenvalue weighted by molar-refractivity contribution is 0.480. The van der Waals surface area contributed by atoms with Crippen molar-refractivity contribution in [2.45, 2.75) is 0 Å². The number of hydrogen-bond acceptors (Lipinski definition) is 1. The number of rotatable bonds is 2. The molecule has 0 rings (SSSR count). The maximum Gasteiger partial charge on any atom is 0.372 e. The molecule has 9 heteroatoms. The normalized spacial score (nSPS) is 14.3. The maximum absolute atomic E-state index is 10.1. The van der Waals surface area contributed by atoms with E-state index in [0.717, 1.165) is 0 Å². The van der Waals surface area contributed by atoms with Crippen molar-refractivity contribution >= 4 is 7.67 Å². The molecule has 0 aromatic rings. The summed E-state index contributed by atoms with van der Waals surface area (Å²) in [5, 5.41) is 0. The molecule has 0 spiro atoms. The van der Waals surface area contributed by atoms with Gasteiger partial charge in [-0.3, -0.25) is 4.57 Å². The van der Waals surface area contributed by atoms with Crippen LogP contribution in [-0.2, 0) is 4.57 Å². The van der Waals surface area contributed by atoms with Gasteiger partial charge in [-0.1, -0.05) is 0 Å². The van der Waals surface area contributed by atoms with Crippen LogP contribution in [-0.4, -0.2) is 4.89 Å². The van der Waals surface area contributed by atoms with E-state index in [1.807, 2.05) is 9.82 Å². The van der Waals surface area contributed by atoms with E-state index in [9.17, 15) is 4.57 Å². The summed E-state index contributed by atoms with van der Waals surface area (Å²) in [6.07, 6.45) is 0. The van der Waals surface area contributed by atoms with Gasteiger partial charge in [0.1, 0.15) is 0 Å². The molecule has 0 heterocycles. The van der Waals surface area contributed by atoms with Gasteiger partial charge < -0.3 is 4.89 Å². The summed E-state index contributed by atoms with van der Waals surface area (Å²) in [6, 6.07) is 0. The quantitative estimate of drug-likeness (QED) is 0.276. The number of nitrogens with zero attached hydrogens (tertiary/aromatic N) is 6. The first-order chi connectivity index (χ1) is 4.12. The predicted molar refractivity (Wildman–Crippen MR) is 28.1 cm³/mol. The van der Waals surface area contributed by atoms with Crippen LogP contribution in [0.2, 0.25) is 0 Å². The van der Waals surface area contributed by atoms with Crippen molar-refractivity contribution in [2.75, 3.05) is 0 Å². The Morgan fingerprint density at radius 1 is 1.33 bits per heavy atom. The molecular weight excluding hydrogens is 147 g/mol. The highest BCUT2D eigenvalue weighted by molar-refractivity contribution is 7.54. The Hall–Kier alpha value is -1.19. The molecule has 0 aliphatic carbocycles. The second-order valence-electron chi connectivity index (χ2n) is 0.871. The molecule has 0 aliphatic rings. The average molecular weight is 148 g/mol. The Labute approximate surface area is 48.9 Å². The smallest absolute Gasteiger partial charge is 0.335 e. The molecule has 0 fully saturated rings. The zero-order valence-electron chi connectivity index (χ0n) is 3.99. The molecule has 1 N–H and O–H groups in total. The van der Waals surface area contributed by atoms with Crippen molar-refractivity contribution in [1.29, 1.82) is 0 Å². The van der Waals surface area contributed by atoms with Crippen LogP contribution in [0.25, 0.3) is 20.9 Å². The standard InChI is InChI=1S/HN6O2P/c1-3-5-9(7,8)6-4-2/h(H,7,8). The second-order valence-corrected chi connectivity index (χ2v) is 2.26. The molecule has 0 amide bonds. The van der Waals surface area contributed by atoms with Gasteiger partial charge in [0.05, 0.1) is 0 Å². The maximum atomic E-state index is 10.1. The van der Waals surface area contributed by atoms with Crippen molar-refractivity contribution < 1.29 is 9.46 Å². The van der Waals surface area contributed by atoms with Crippen molar-refractivity contribution in [3.05, 3.63) is 20.9 Å². The lowest BCUT2D eigenvalue weighted by Gasteiger charge is -1.87. The Morgan fingerprint density at radius 2 is 1.67 bits per heavy atom. The van der Waals surface area contributed by atoms with E-state index in [4.69, 9.17) is 16.0 Å². The molecule has 8 nitrogen and oxygen atoms in total. The van der Waals surface area contributed by atoms with E-state index in [2.05, 4.69) is 9.77 Å². The van der Waals surface area contributed by atoms with Crippen LogP contribution in [0.3, 0.4) is 0 Å². The first-order valence-corrected chi connectivity index (χ1v) is 3.15. The highest BCUT2D eigenvalue weighted by Gasteiger charge is 2.10. The lowest BCUT2D eigenvalue weighted by atomic mass is 13.0. The largest absolute Gasteiger partial charge is 0.372 e. The zero-order valence-corrected chi connectivity index (χ0v) is 4.88. The summed E-state index contributed by atoms with van der Waals surface area (Å²) in [6.45, 7) is 0. The van der Waals surface area contributed by atoms with Crippen LogP contribution in [0.4, 0.5) is 0 Å². The minimum Gasteiger partial charge on any atom is -0.335 e. The van der Waals surface area contributed by atoms with Crippen LogP contribution < -0.4 is 0 Å². The Morgan fingerprint density at radius 3 is 1.89 bits per heavy atom. The third-order valence-electron chi connectivity index (χ3n) is 0.313. The van der Waals surface area contributed by atoms with Gasteiger partial charge in [0.15, 0.2) is 0 Å². The molecule has 0 atom stereocenters. The van der Waals surface area contributed by atoms with Gasteiger partial charge in [-0.25, -0.2) is 0 Å². The van der Waals surface area contributed by atoms with Crippen LogP contribution in [0.1, 0.15) is 0 Å². The van der Waals surface area contributed by atoms with Gasteiger partial charge in [0.2, 0.25) is 0 Å². The fraction of sp³-hybridized carbons (Fsp3) is 0. The van der Waals surface area contributed by atoms with Crippen molar-refractivity contribution in [1.82, 2.24) is 0 Å². The SMILES string of the molecule is [N-]=[N+]=NP(=O)(O)N=[N+]=[N-]. The highest BCUT2D eigenvalue weighted by atomic mass is 31.2. The summed E-state index contributed by atoms with van der Waals surface area (Å²) in [5.41, 5.74) is 15.1. The van der Waals surface area contributed by atoms with Crippen molar-refractivity contribution in [2.24, 2.45) is 9.77 Å². The van der Waals surface area contributed by atoms with Gasteiger partial charge in [0.25, 0.3) is 0 Å². The zero-order chi connectivity index (χ0) is 7.33.